The predicted molar refractivity (Wildman–Crippen MR) is 101 cm³/mol. The third kappa shape index (κ3) is 4.83. The number of hydrogen-bond acceptors (Lipinski definition) is 2. The van der Waals surface area contributed by atoms with E-state index in [2.05, 4.69) is 25.8 Å². The lowest BCUT2D eigenvalue weighted by Crippen LogP contribution is -2.29. The number of nitrogens with zero attached hydrogens (tertiary/aromatic N) is 1. The SMILES string of the molecule is Cc1cc(C(=O)NCCC(C)N)c(C)n1-c1cccc(Br)c1.Cl. The number of aryl methyl sites for hydroxylation is 1. The maximum Gasteiger partial charge on any atom is 0.253 e. The molecule has 0 spiro atoms. The smallest absolute Gasteiger partial charge is 0.253 e. The average molecular weight is 401 g/mol. The highest BCUT2D eigenvalue weighted by molar-refractivity contribution is 9.10. The molecule has 1 amide bonds. The number of carbonyl (C=O) groups is 1. The molecular weight excluding hydrogens is 378 g/mol. The number of amides is 1. The van der Waals surface area contributed by atoms with Crippen molar-refractivity contribution in [3.05, 3.63) is 51.8 Å². The van der Waals surface area contributed by atoms with Gasteiger partial charge in [0.05, 0.1) is 5.56 Å². The van der Waals surface area contributed by atoms with Crippen LogP contribution in [0.2, 0.25) is 0 Å². The van der Waals surface area contributed by atoms with Crippen LogP contribution < -0.4 is 11.1 Å². The first-order valence-corrected chi connectivity index (χ1v) is 8.18. The fourth-order valence-corrected chi connectivity index (χ4v) is 2.90. The van der Waals surface area contributed by atoms with Gasteiger partial charge in [-0.3, -0.25) is 4.79 Å². The van der Waals surface area contributed by atoms with Crippen LogP contribution in [0.4, 0.5) is 0 Å². The molecule has 0 bridgehead atoms. The fourth-order valence-electron chi connectivity index (χ4n) is 2.51. The Bertz CT molecular complexity index is 682. The minimum atomic E-state index is -0.0463. The number of benzene rings is 1. The van der Waals surface area contributed by atoms with E-state index >= 15 is 0 Å². The van der Waals surface area contributed by atoms with Crippen molar-refractivity contribution in [3.8, 4) is 5.69 Å². The summed E-state index contributed by atoms with van der Waals surface area (Å²) < 4.78 is 3.10. The molecule has 1 heterocycles. The van der Waals surface area contributed by atoms with Gasteiger partial charge in [-0.15, -0.1) is 12.4 Å². The summed E-state index contributed by atoms with van der Waals surface area (Å²) in [5.74, 6) is -0.0463. The van der Waals surface area contributed by atoms with Crippen molar-refractivity contribution in [3.63, 3.8) is 0 Å². The molecule has 1 aromatic carbocycles. The Labute approximate surface area is 152 Å². The summed E-state index contributed by atoms with van der Waals surface area (Å²) in [4.78, 5) is 12.3. The second-order valence-corrected chi connectivity index (χ2v) is 6.54. The van der Waals surface area contributed by atoms with Gasteiger partial charge in [-0.05, 0) is 51.5 Å². The monoisotopic (exact) mass is 399 g/mol. The maximum absolute atomic E-state index is 12.3. The molecule has 0 fully saturated rings. The molecule has 2 rings (SSSR count). The third-order valence-corrected chi connectivity index (χ3v) is 4.12. The fraction of sp³-hybridized carbons (Fsp3) is 0.353. The van der Waals surface area contributed by atoms with Gasteiger partial charge < -0.3 is 15.6 Å². The summed E-state index contributed by atoms with van der Waals surface area (Å²) in [5.41, 5.74) is 9.43. The van der Waals surface area contributed by atoms with E-state index in [-0.39, 0.29) is 24.4 Å². The van der Waals surface area contributed by atoms with Crippen LogP contribution in [0.5, 0.6) is 0 Å². The van der Waals surface area contributed by atoms with Crippen LogP contribution in [0.25, 0.3) is 5.69 Å². The molecule has 3 N–H and O–H groups in total. The Kier molecular flexibility index (Phi) is 7.32. The first-order chi connectivity index (χ1) is 10.4. The van der Waals surface area contributed by atoms with Gasteiger partial charge in [-0.25, -0.2) is 0 Å². The molecule has 1 aromatic heterocycles. The average Bonchev–Trinajstić information content (AvgIpc) is 2.73. The molecule has 0 aliphatic rings. The topological polar surface area (TPSA) is 60.1 Å². The Balaban J connectivity index is 0.00000264. The summed E-state index contributed by atoms with van der Waals surface area (Å²) in [7, 11) is 0. The Morgan fingerprint density at radius 3 is 2.65 bits per heavy atom. The molecule has 126 valence electrons. The lowest BCUT2D eigenvalue weighted by Gasteiger charge is -2.11. The second kappa shape index (κ2) is 8.52. The molecule has 0 saturated heterocycles. The van der Waals surface area contributed by atoms with Crippen LogP contribution in [0.1, 0.15) is 35.1 Å². The van der Waals surface area contributed by atoms with Crippen molar-refractivity contribution >= 4 is 34.2 Å². The largest absolute Gasteiger partial charge is 0.352 e. The molecule has 0 radical (unpaired) electrons. The zero-order valence-electron chi connectivity index (χ0n) is 13.6. The minimum absolute atomic E-state index is 0. The number of aromatic nitrogens is 1. The Morgan fingerprint density at radius 2 is 2.04 bits per heavy atom. The van der Waals surface area contributed by atoms with E-state index in [1.54, 1.807) is 0 Å². The maximum atomic E-state index is 12.3. The van der Waals surface area contributed by atoms with Gasteiger partial charge in [0, 0.05) is 34.1 Å². The van der Waals surface area contributed by atoms with E-state index in [4.69, 9.17) is 5.73 Å². The molecule has 6 heteroatoms. The van der Waals surface area contributed by atoms with Crippen molar-refractivity contribution in [2.45, 2.75) is 33.2 Å². The molecule has 0 saturated carbocycles. The molecule has 1 atom stereocenters. The van der Waals surface area contributed by atoms with Crippen LogP contribution in [0.3, 0.4) is 0 Å². The van der Waals surface area contributed by atoms with E-state index < -0.39 is 0 Å². The van der Waals surface area contributed by atoms with Crippen LogP contribution in [-0.4, -0.2) is 23.1 Å². The normalized spacial score (nSPS) is 11.7. The molecule has 2 aromatic rings. The van der Waals surface area contributed by atoms with Gasteiger partial charge in [-0.2, -0.15) is 0 Å². The van der Waals surface area contributed by atoms with Crippen LogP contribution in [-0.2, 0) is 0 Å². The zero-order chi connectivity index (χ0) is 16.3. The van der Waals surface area contributed by atoms with Crippen LogP contribution in [0, 0.1) is 13.8 Å². The van der Waals surface area contributed by atoms with Crippen molar-refractivity contribution in [2.75, 3.05) is 6.54 Å². The summed E-state index contributed by atoms with van der Waals surface area (Å²) in [6.45, 7) is 6.50. The van der Waals surface area contributed by atoms with Gasteiger partial charge >= 0.3 is 0 Å². The molecule has 23 heavy (non-hydrogen) atoms. The highest BCUT2D eigenvalue weighted by Crippen LogP contribution is 2.23. The standard InChI is InChI=1S/C17H22BrN3O.ClH/c1-11(19)7-8-20-17(22)16-9-12(2)21(13(16)3)15-6-4-5-14(18)10-15;/h4-6,9-11H,7-8,19H2,1-3H3,(H,20,22);1H. The summed E-state index contributed by atoms with van der Waals surface area (Å²) in [6, 6.07) is 10.1. The first-order valence-electron chi connectivity index (χ1n) is 7.39. The van der Waals surface area contributed by atoms with Crippen LogP contribution in [0.15, 0.2) is 34.8 Å². The van der Waals surface area contributed by atoms with Crippen molar-refractivity contribution < 1.29 is 4.79 Å². The van der Waals surface area contributed by atoms with Gasteiger partial charge in [0.2, 0.25) is 0 Å². The number of nitrogens with two attached hydrogens (primary N) is 1. The molecular formula is C17H23BrClN3O. The molecule has 0 aliphatic carbocycles. The van der Waals surface area contributed by atoms with E-state index in [1.807, 2.05) is 51.1 Å². The number of rotatable bonds is 5. The van der Waals surface area contributed by atoms with Crippen molar-refractivity contribution in [2.24, 2.45) is 5.73 Å². The second-order valence-electron chi connectivity index (χ2n) is 5.62. The van der Waals surface area contributed by atoms with E-state index in [9.17, 15) is 4.79 Å². The highest BCUT2D eigenvalue weighted by Gasteiger charge is 2.16. The lowest BCUT2D eigenvalue weighted by atomic mass is 10.2. The van der Waals surface area contributed by atoms with Gasteiger partial charge in [0.1, 0.15) is 0 Å². The summed E-state index contributed by atoms with van der Waals surface area (Å²) in [6.07, 6.45) is 0.774. The number of carbonyl (C=O) groups excluding carboxylic acids is 1. The molecule has 4 nitrogen and oxygen atoms in total. The quantitative estimate of drug-likeness (QED) is 0.803. The van der Waals surface area contributed by atoms with Crippen molar-refractivity contribution in [1.29, 1.82) is 0 Å². The van der Waals surface area contributed by atoms with Gasteiger partial charge in [0.25, 0.3) is 5.91 Å². The molecule has 1 unspecified atom stereocenters. The van der Waals surface area contributed by atoms with E-state index in [0.717, 1.165) is 28.0 Å². The van der Waals surface area contributed by atoms with E-state index in [1.165, 1.54) is 0 Å². The number of nitrogens with one attached hydrogen (secondary N) is 1. The number of halogens is 2. The van der Waals surface area contributed by atoms with Gasteiger partial charge in [0.15, 0.2) is 0 Å². The van der Waals surface area contributed by atoms with Crippen LogP contribution >= 0.6 is 28.3 Å². The Morgan fingerprint density at radius 1 is 1.35 bits per heavy atom. The zero-order valence-corrected chi connectivity index (χ0v) is 16.0. The summed E-state index contributed by atoms with van der Waals surface area (Å²) >= 11 is 3.49. The first kappa shape index (κ1) is 19.7. The highest BCUT2D eigenvalue weighted by atomic mass is 79.9. The minimum Gasteiger partial charge on any atom is -0.352 e. The predicted octanol–water partition coefficient (Wildman–Crippen LogP) is 3.75. The third-order valence-electron chi connectivity index (χ3n) is 3.63. The summed E-state index contributed by atoms with van der Waals surface area (Å²) in [5, 5.41) is 2.93. The lowest BCUT2D eigenvalue weighted by molar-refractivity contribution is 0.0952. The van der Waals surface area contributed by atoms with Crippen molar-refractivity contribution in [1.82, 2.24) is 9.88 Å². The van der Waals surface area contributed by atoms with Gasteiger partial charge in [-0.1, -0.05) is 22.0 Å². The molecule has 0 aliphatic heterocycles. The van der Waals surface area contributed by atoms with E-state index in [0.29, 0.717) is 12.1 Å². The Hall–Kier alpha value is -1.30. The number of hydrogen-bond donors (Lipinski definition) is 2.